The minimum Gasteiger partial charge on any atom is -0.342 e. The molecule has 2 aromatic heterocycles. The molecule has 0 aliphatic rings. The lowest BCUT2D eigenvalue weighted by Gasteiger charge is -2.11. The van der Waals surface area contributed by atoms with E-state index in [1.807, 2.05) is 30.3 Å². The number of rotatable bonds is 8. The van der Waals surface area contributed by atoms with E-state index in [2.05, 4.69) is 29.1 Å². The second-order valence-corrected chi connectivity index (χ2v) is 7.61. The largest absolute Gasteiger partial charge is 0.342 e. The van der Waals surface area contributed by atoms with Gasteiger partial charge in [-0.2, -0.15) is 11.8 Å². The number of hydrogen-bond donors (Lipinski definition) is 2. The molecule has 2 N–H and O–H groups in total. The molecule has 0 spiro atoms. The molecule has 0 amide bonds. The van der Waals surface area contributed by atoms with Crippen molar-refractivity contribution in [1.82, 2.24) is 14.5 Å². The van der Waals surface area contributed by atoms with E-state index in [-0.39, 0.29) is 5.56 Å². The molecule has 3 aromatic rings. The van der Waals surface area contributed by atoms with Crippen molar-refractivity contribution in [3.63, 3.8) is 0 Å². The van der Waals surface area contributed by atoms with Crippen LogP contribution in [0, 0.1) is 6.92 Å². The Balaban J connectivity index is 1.64. The Bertz CT molecular complexity index is 1010. The van der Waals surface area contributed by atoms with Crippen LogP contribution < -0.4 is 16.6 Å². The van der Waals surface area contributed by atoms with Crippen LogP contribution in [0.5, 0.6) is 0 Å². The molecule has 0 atom stereocenters. The molecule has 0 saturated heterocycles. The number of aryl methyl sites for hydroxylation is 2. The van der Waals surface area contributed by atoms with Gasteiger partial charge in [-0.3, -0.25) is 19.3 Å². The van der Waals surface area contributed by atoms with E-state index in [9.17, 15) is 9.59 Å². The van der Waals surface area contributed by atoms with Crippen LogP contribution in [-0.4, -0.2) is 20.3 Å². The van der Waals surface area contributed by atoms with Gasteiger partial charge in [0.1, 0.15) is 5.82 Å². The minimum absolute atomic E-state index is 0.307. The van der Waals surface area contributed by atoms with Crippen LogP contribution in [0.4, 0.5) is 11.5 Å². The number of benzene rings is 1. The van der Waals surface area contributed by atoms with E-state index in [1.165, 1.54) is 27.3 Å². The number of hydrogen-bond acceptors (Lipinski definition) is 5. The van der Waals surface area contributed by atoms with Crippen molar-refractivity contribution < 1.29 is 0 Å². The lowest BCUT2D eigenvalue weighted by Crippen LogP contribution is -2.35. The van der Waals surface area contributed by atoms with E-state index < -0.39 is 5.69 Å². The van der Waals surface area contributed by atoms with Gasteiger partial charge < -0.3 is 5.32 Å². The van der Waals surface area contributed by atoms with Crippen LogP contribution in [0.2, 0.25) is 0 Å². The third-order valence-electron chi connectivity index (χ3n) is 4.51. The number of H-pyrrole nitrogens is 1. The fraction of sp³-hybridized carbons (Fsp3) is 0.286. The average Bonchev–Trinajstić information content (AvgIpc) is 2.69. The quantitative estimate of drug-likeness (QED) is 0.570. The Kier molecular flexibility index (Phi) is 6.71. The van der Waals surface area contributed by atoms with Gasteiger partial charge in [0.05, 0.1) is 0 Å². The summed E-state index contributed by atoms with van der Waals surface area (Å²) in [5.74, 6) is 1.90. The standard InChI is InChI=1S/C21H24N4O2S/c1-3-17-12-18(5-4-15(17)2)23-19-13-20(26)25(21(27)24-19)10-11-28-14-16-6-8-22-9-7-16/h4-9,12-13,23H,3,10-11,14H2,1-2H3,(H,24,27). The molecule has 2 heterocycles. The van der Waals surface area contributed by atoms with Gasteiger partial charge in [-0.05, 0) is 54.3 Å². The maximum Gasteiger partial charge on any atom is 0.329 e. The van der Waals surface area contributed by atoms with Gasteiger partial charge in [0.2, 0.25) is 0 Å². The van der Waals surface area contributed by atoms with Gasteiger partial charge in [-0.1, -0.05) is 13.0 Å². The van der Waals surface area contributed by atoms with Gasteiger partial charge in [-0.15, -0.1) is 0 Å². The molecular formula is C21H24N4O2S. The van der Waals surface area contributed by atoms with E-state index in [0.29, 0.717) is 18.1 Å². The summed E-state index contributed by atoms with van der Waals surface area (Å²) in [4.78, 5) is 31.5. The zero-order valence-electron chi connectivity index (χ0n) is 16.1. The molecule has 6 nitrogen and oxygen atoms in total. The van der Waals surface area contributed by atoms with Gasteiger partial charge in [0.25, 0.3) is 5.56 Å². The Morgan fingerprint density at radius 1 is 1.14 bits per heavy atom. The number of aromatic nitrogens is 3. The van der Waals surface area contributed by atoms with Crippen molar-refractivity contribution in [2.75, 3.05) is 11.1 Å². The number of nitrogens with zero attached hydrogens (tertiary/aromatic N) is 2. The lowest BCUT2D eigenvalue weighted by atomic mass is 10.1. The van der Waals surface area contributed by atoms with Crippen LogP contribution in [0.15, 0.2) is 58.4 Å². The highest BCUT2D eigenvalue weighted by Crippen LogP contribution is 2.18. The first kappa shape index (κ1) is 19.9. The summed E-state index contributed by atoms with van der Waals surface area (Å²) < 4.78 is 1.23. The third-order valence-corrected chi connectivity index (χ3v) is 5.52. The summed E-state index contributed by atoms with van der Waals surface area (Å²) in [6.45, 7) is 4.54. The predicted molar refractivity (Wildman–Crippen MR) is 116 cm³/mol. The first-order chi connectivity index (χ1) is 13.6. The summed E-state index contributed by atoms with van der Waals surface area (Å²) >= 11 is 1.67. The van der Waals surface area contributed by atoms with E-state index in [4.69, 9.17) is 0 Å². The third kappa shape index (κ3) is 5.13. The number of thioether (sulfide) groups is 1. The van der Waals surface area contributed by atoms with Crippen molar-refractivity contribution in [2.24, 2.45) is 0 Å². The summed E-state index contributed by atoms with van der Waals surface area (Å²) in [6, 6.07) is 11.4. The number of aromatic amines is 1. The van der Waals surface area contributed by atoms with Gasteiger partial charge >= 0.3 is 5.69 Å². The fourth-order valence-corrected chi connectivity index (χ4v) is 3.79. The molecule has 0 aliphatic carbocycles. The van der Waals surface area contributed by atoms with Crippen molar-refractivity contribution in [2.45, 2.75) is 32.6 Å². The van der Waals surface area contributed by atoms with Crippen molar-refractivity contribution in [1.29, 1.82) is 0 Å². The second kappa shape index (κ2) is 9.41. The van der Waals surface area contributed by atoms with Gasteiger partial charge in [-0.25, -0.2) is 4.79 Å². The topological polar surface area (TPSA) is 79.8 Å². The Morgan fingerprint density at radius 2 is 1.93 bits per heavy atom. The first-order valence-corrected chi connectivity index (χ1v) is 10.4. The summed E-state index contributed by atoms with van der Waals surface area (Å²) in [7, 11) is 0. The van der Waals surface area contributed by atoms with Crippen molar-refractivity contribution in [3.05, 3.63) is 86.3 Å². The summed E-state index contributed by atoms with van der Waals surface area (Å²) in [5.41, 5.74) is 3.77. The Hall–Kier alpha value is -2.80. The van der Waals surface area contributed by atoms with Crippen LogP contribution in [0.25, 0.3) is 0 Å². The highest BCUT2D eigenvalue weighted by Gasteiger charge is 2.06. The first-order valence-electron chi connectivity index (χ1n) is 9.24. The predicted octanol–water partition coefficient (Wildman–Crippen LogP) is 3.48. The number of nitrogens with one attached hydrogen (secondary N) is 2. The molecule has 0 fully saturated rings. The van der Waals surface area contributed by atoms with E-state index in [0.717, 1.165) is 17.9 Å². The van der Waals surface area contributed by atoms with Gasteiger partial charge in [0.15, 0.2) is 0 Å². The molecule has 0 aliphatic heterocycles. The van der Waals surface area contributed by atoms with Gasteiger partial charge in [0, 0.05) is 42.2 Å². The molecule has 3 rings (SSSR count). The molecule has 0 bridgehead atoms. The summed E-state index contributed by atoms with van der Waals surface area (Å²) in [6.07, 6.45) is 4.44. The molecule has 0 unspecified atom stereocenters. The normalized spacial score (nSPS) is 10.8. The van der Waals surface area contributed by atoms with Crippen LogP contribution >= 0.6 is 11.8 Å². The van der Waals surface area contributed by atoms with Crippen LogP contribution in [-0.2, 0) is 18.7 Å². The molecule has 1 aromatic carbocycles. The minimum atomic E-state index is -0.401. The number of pyridine rings is 1. The Morgan fingerprint density at radius 3 is 2.64 bits per heavy atom. The van der Waals surface area contributed by atoms with Crippen LogP contribution in [0.1, 0.15) is 23.6 Å². The van der Waals surface area contributed by atoms with Crippen molar-refractivity contribution in [3.8, 4) is 0 Å². The van der Waals surface area contributed by atoms with Crippen LogP contribution in [0.3, 0.4) is 0 Å². The zero-order valence-corrected chi connectivity index (χ0v) is 16.9. The fourth-order valence-electron chi connectivity index (χ4n) is 2.91. The number of anilines is 2. The van der Waals surface area contributed by atoms with Crippen molar-refractivity contribution >= 4 is 23.3 Å². The zero-order chi connectivity index (χ0) is 19.9. The van der Waals surface area contributed by atoms with E-state index >= 15 is 0 Å². The highest BCUT2D eigenvalue weighted by molar-refractivity contribution is 7.98. The second-order valence-electron chi connectivity index (χ2n) is 6.51. The summed E-state index contributed by atoms with van der Waals surface area (Å²) in [5, 5.41) is 3.12. The Labute approximate surface area is 168 Å². The van der Waals surface area contributed by atoms with E-state index in [1.54, 1.807) is 24.2 Å². The monoisotopic (exact) mass is 396 g/mol. The molecule has 0 saturated carbocycles. The maximum atomic E-state index is 12.4. The average molecular weight is 397 g/mol. The molecule has 28 heavy (non-hydrogen) atoms. The highest BCUT2D eigenvalue weighted by atomic mass is 32.2. The molecule has 146 valence electrons. The SMILES string of the molecule is CCc1cc(Nc2cc(=O)n(CCSCc3ccncc3)c(=O)[nH]2)ccc1C. The molecule has 7 heteroatoms. The maximum absolute atomic E-state index is 12.4. The molecule has 0 radical (unpaired) electrons. The smallest absolute Gasteiger partial charge is 0.329 e. The molecular weight excluding hydrogens is 372 g/mol. The lowest BCUT2D eigenvalue weighted by molar-refractivity contribution is 0.681.